The van der Waals surface area contributed by atoms with Crippen LogP contribution in [0.15, 0.2) is 195 Å². The minimum absolute atomic E-state index is 0. The second-order valence-corrected chi connectivity index (χ2v) is 15.5. The van der Waals surface area contributed by atoms with Crippen LogP contribution in [0.1, 0.15) is 90.4 Å². The molecule has 4 nitrogen and oxygen atoms in total. The molecule has 0 spiro atoms. The van der Waals surface area contributed by atoms with Crippen LogP contribution in [-0.2, 0) is 18.6 Å². The normalized spacial score (nSPS) is 16.3. The zero-order chi connectivity index (χ0) is 41.5. The van der Waals surface area contributed by atoms with Crippen LogP contribution in [0.5, 0.6) is 0 Å². The Morgan fingerprint density at radius 3 is 0.726 bits per heavy atom. The largest absolute Gasteiger partial charge is 0.265 e. The second kappa shape index (κ2) is 24.3. The Hall–Kier alpha value is -5.40. The molecule has 8 aromatic rings. The van der Waals surface area contributed by atoms with Crippen LogP contribution >= 0.6 is 0 Å². The van der Waals surface area contributed by atoms with Gasteiger partial charge in [0, 0.05) is 99.2 Å². The summed E-state index contributed by atoms with van der Waals surface area (Å²) in [6, 6.07) is 51.9. The summed E-state index contributed by atoms with van der Waals surface area (Å²) >= 11 is 0. The summed E-state index contributed by atoms with van der Waals surface area (Å²) in [5.74, 6) is 1.66. The monoisotopic (exact) mass is 1070 g/mol. The van der Waals surface area contributed by atoms with Crippen LogP contribution in [-0.4, -0.2) is 19.9 Å². The van der Waals surface area contributed by atoms with Crippen molar-refractivity contribution in [3.05, 3.63) is 262 Å². The van der Waals surface area contributed by atoms with E-state index in [9.17, 15) is 0 Å². The van der Waals surface area contributed by atoms with Gasteiger partial charge in [0.25, 0.3) is 0 Å². The third kappa shape index (κ3) is 13.3. The van der Waals surface area contributed by atoms with E-state index in [1.165, 1.54) is 66.8 Å². The Bertz CT molecular complexity index is 2360. The van der Waals surface area contributed by atoms with Crippen LogP contribution in [0.25, 0.3) is 24.3 Å². The summed E-state index contributed by atoms with van der Waals surface area (Å²) in [6.07, 6.45) is 23.3. The topological polar surface area (TPSA) is 51.6 Å². The molecule has 0 saturated heterocycles. The second-order valence-electron chi connectivity index (χ2n) is 15.5. The van der Waals surface area contributed by atoms with Crippen LogP contribution in [0, 0.1) is 58.8 Å². The van der Waals surface area contributed by atoms with Gasteiger partial charge >= 0.3 is 0 Å². The van der Waals surface area contributed by atoms with Gasteiger partial charge in [-0.1, -0.05) is 144 Å². The van der Waals surface area contributed by atoms with Gasteiger partial charge in [0.15, 0.2) is 0 Å². The van der Waals surface area contributed by atoms with Crippen LogP contribution in [0.4, 0.5) is 0 Å². The minimum atomic E-state index is 0. The smallest absolute Gasteiger partial charge is 0.0273 e. The zero-order valence-corrected chi connectivity index (χ0v) is 41.4. The van der Waals surface area contributed by atoms with E-state index >= 15 is 0 Å². The van der Waals surface area contributed by atoms with Crippen LogP contribution in [0.2, 0.25) is 0 Å². The van der Waals surface area contributed by atoms with Gasteiger partial charge in [-0.3, -0.25) is 19.9 Å². The molecule has 305 valence electrons. The number of nitrogens with zero attached hydrogens (tertiary/aromatic N) is 4. The molecule has 4 heterocycles. The molecule has 1 aliphatic rings. The molecule has 0 amide bonds. The maximum atomic E-state index is 4.27. The maximum Gasteiger partial charge on any atom is 0.0273 e. The van der Waals surface area contributed by atoms with Crippen molar-refractivity contribution in [1.29, 1.82) is 0 Å². The van der Waals surface area contributed by atoms with Gasteiger partial charge in [0.05, 0.1) is 0 Å². The van der Waals surface area contributed by atoms with E-state index in [0.717, 1.165) is 0 Å². The molecule has 4 aromatic heterocycles. The molecule has 62 heavy (non-hydrogen) atoms. The minimum Gasteiger partial charge on any atom is -0.265 e. The van der Waals surface area contributed by atoms with Gasteiger partial charge in [0.2, 0.25) is 0 Å². The number of aryl methyl sites for hydroxylation is 4. The fraction of sp³-hybridized carbons (Fsp3) is 0.143. The van der Waals surface area contributed by atoms with Gasteiger partial charge in [-0.05, 0) is 144 Å². The Kier molecular flexibility index (Phi) is 18.7. The van der Waals surface area contributed by atoms with Crippen molar-refractivity contribution in [1.82, 2.24) is 19.9 Å². The van der Waals surface area contributed by atoms with Crippen molar-refractivity contribution in [2.45, 2.75) is 51.4 Å². The Labute approximate surface area is 404 Å². The zero-order valence-electron chi connectivity index (χ0n) is 35.8. The van der Waals surface area contributed by atoms with Gasteiger partial charge in [-0.2, -0.15) is 0 Å². The number of rotatable bonds is 8. The molecule has 0 bridgehead atoms. The number of hydrogen-bond acceptors (Lipinski definition) is 4. The first-order chi connectivity index (χ1) is 29.4. The van der Waals surface area contributed by atoms with Gasteiger partial charge in [0.1, 0.15) is 0 Å². The molecule has 0 unspecified atom stereocenters. The quantitative estimate of drug-likeness (QED) is 0.152. The fourth-order valence-electron chi connectivity index (χ4n) is 7.84. The van der Waals surface area contributed by atoms with E-state index in [1.807, 2.05) is 49.1 Å². The van der Waals surface area contributed by atoms with Gasteiger partial charge in [-0.15, -0.1) is 0 Å². The first kappa shape index (κ1) is 47.6. The van der Waals surface area contributed by atoms with Gasteiger partial charge < -0.3 is 0 Å². The van der Waals surface area contributed by atoms with E-state index in [1.54, 1.807) is 24.8 Å². The van der Waals surface area contributed by atoms with E-state index in [2.05, 4.69) is 193 Å². The molecule has 4 aromatic carbocycles. The summed E-state index contributed by atoms with van der Waals surface area (Å²) in [7, 11) is 0. The molecule has 0 aliphatic heterocycles. The molecule has 1 saturated carbocycles. The molecule has 9 rings (SSSR count). The number of benzene rings is 4. The standard InChI is InChI=1S/C28H26N2.2C14H13N.U.V/c1-19-3-7-21(8-4-19)25-27(23-11-15-29-16-12-23)26(22-9-5-20(2)6-10-22)28(25)24-13-17-30-18-14-24;2*1-12-2-4-13(5-3-12)6-7-14-8-10-15-11-9-14;;/h3-18,25-28H,1-2H3;2*2-11H,1H3;;. The third-order valence-electron chi connectivity index (χ3n) is 11.2. The predicted molar refractivity (Wildman–Crippen MR) is 250 cm³/mol. The Morgan fingerprint density at radius 1 is 0.274 bits per heavy atom. The number of hydrogen-bond donors (Lipinski definition) is 0. The SMILES string of the molecule is Cc1ccc(C2C(c3ccncc3)C(c3ccc(C)cc3)C2c2ccncc2)cc1.Cc1ccc(C=Cc2ccncc2)cc1.Cc1ccc(C=Cc2ccncc2)cc1.[U].[V]. The van der Waals surface area contributed by atoms with Crippen molar-refractivity contribution >= 4 is 24.3 Å². The summed E-state index contributed by atoms with van der Waals surface area (Å²) in [6.45, 7) is 8.49. The first-order valence-electron chi connectivity index (χ1n) is 20.6. The summed E-state index contributed by atoms with van der Waals surface area (Å²) < 4.78 is 0. The molecule has 1 aliphatic carbocycles. The van der Waals surface area contributed by atoms with Crippen LogP contribution < -0.4 is 0 Å². The van der Waals surface area contributed by atoms with Crippen molar-refractivity contribution in [2.24, 2.45) is 0 Å². The maximum absolute atomic E-state index is 4.27. The van der Waals surface area contributed by atoms with Crippen molar-refractivity contribution in [3.63, 3.8) is 0 Å². The van der Waals surface area contributed by atoms with Gasteiger partial charge in [-0.25, -0.2) is 0 Å². The van der Waals surface area contributed by atoms with E-state index in [-0.39, 0.29) is 49.7 Å². The average Bonchev–Trinajstić information content (AvgIpc) is 3.29. The summed E-state index contributed by atoms with van der Waals surface area (Å²) in [5, 5.41) is 0. The third-order valence-corrected chi connectivity index (χ3v) is 11.2. The fourth-order valence-corrected chi connectivity index (χ4v) is 7.84. The van der Waals surface area contributed by atoms with Crippen molar-refractivity contribution in [3.8, 4) is 0 Å². The first-order valence-corrected chi connectivity index (χ1v) is 20.6. The van der Waals surface area contributed by atoms with Crippen LogP contribution in [0.3, 0.4) is 0 Å². The van der Waals surface area contributed by atoms with E-state index in [0.29, 0.717) is 23.7 Å². The average molecular weight is 1070 g/mol. The molecule has 1 radical (unpaired) electrons. The Morgan fingerprint density at radius 2 is 0.468 bits per heavy atom. The summed E-state index contributed by atoms with van der Waals surface area (Å²) in [4.78, 5) is 16.5. The predicted octanol–water partition coefficient (Wildman–Crippen LogP) is 13.7. The van der Waals surface area contributed by atoms with Crippen molar-refractivity contribution < 1.29 is 49.7 Å². The molecule has 6 heteroatoms. The van der Waals surface area contributed by atoms with E-state index in [4.69, 9.17) is 0 Å². The van der Waals surface area contributed by atoms with E-state index < -0.39 is 0 Å². The molecule has 0 N–H and O–H groups in total. The summed E-state index contributed by atoms with van der Waals surface area (Å²) in [5.41, 5.74) is 15.5. The number of pyridine rings is 4. The Balaban J connectivity index is 0.000000192. The van der Waals surface area contributed by atoms with Crippen molar-refractivity contribution in [2.75, 3.05) is 0 Å². The molecule has 1 fully saturated rings. The molecular formula is C56H52N4UV. The number of aromatic nitrogens is 4. The molecule has 0 atom stereocenters. The molecular weight excluding hydrogens is 1020 g/mol.